The third-order valence-corrected chi connectivity index (χ3v) is 5.68. The SMILES string of the molecule is CC(=O)Nc1ccc(CC(=O)NCc2ccccc2S(=O)(=O)NC(C)(C)C)cc1. The molecule has 0 unspecified atom stereocenters. The van der Waals surface area contributed by atoms with E-state index < -0.39 is 15.6 Å². The van der Waals surface area contributed by atoms with Crippen LogP contribution in [0.3, 0.4) is 0 Å². The molecular weight excluding hydrogens is 390 g/mol. The van der Waals surface area contributed by atoms with Gasteiger partial charge in [-0.2, -0.15) is 0 Å². The zero-order valence-electron chi connectivity index (χ0n) is 17.1. The van der Waals surface area contributed by atoms with Gasteiger partial charge in [-0.05, 0) is 50.1 Å². The van der Waals surface area contributed by atoms with Crippen molar-refractivity contribution in [3.63, 3.8) is 0 Å². The van der Waals surface area contributed by atoms with E-state index in [0.29, 0.717) is 11.3 Å². The normalized spacial score (nSPS) is 11.7. The van der Waals surface area contributed by atoms with Gasteiger partial charge in [0.2, 0.25) is 21.8 Å². The average Bonchev–Trinajstić information content (AvgIpc) is 2.59. The number of amides is 2. The molecule has 2 rings (SSSR count). The molecule has 2 aromatic carbocycles. The van der Waals surface area contributed by atoms with E-state index in [1.165, 1.54) is 13.0 Å². The lowest BCUT2D eigenvalue weighted by atomic mass is 10.1. The Hall–Kier alpha value is -2.71. The molecule has 0 spiro atoms. The fourth-order valence-corrected chi connectivity index (χ4v) is 4.38. The summed E-state index contributed by atoms with van der Waals surface area (Å²) in [6.07, 6.45) is 0.148. The highest BCUT2D eigenvalue weighted by Crippen LogP contribution is 2.18. The van der Waals surface area contributed by atoms with E-state index in [9.17, 15) is 18.0 Å². The van der Waals surface area contributed by atoms with Crippen LogP contribution in [0.15, 0.2) is 53.4 Å². The van der Waals surface area contributed by atoms with E-state index in [1.54, 1.807) is 63.2 Å². The molecule has 0 bridgehead atoms. The van der Waals surface area contributed by atoms with Crippen LogP contribution in [0.4, 0.5) is 5.69 Å². The van der Waals surface area contributed by atoms with Crippen LogP contribution >= 0.6 is 0 Å². The molecule has 0 atom stereocenters. The maximum atomic E-state index is 12.7. The summed E-state index contributed by atoms with van der Waals surface area (Å²) in [5.74, 6) is -0.390. The number of hydrogen-bond acceptors (Lipinski definition) is 4. The van der Waals surface area contributed by atoms with Crippen LogP contribution in [0.5, 0.6) is 0 Å². The number of rotatable bonds is 7. The number of carbonyl (C=O) groups excluding carboxylic acids is 2. The molecule has 3 N–H and O–H groups in total. The zero-order valence-corrected chi connectivity index (χ0v) is 17.9. The van der Waals surface area contributed by atoms with Crippen molar-refractivity contribution in [1.82, 2.24) is 10.0 Å². The number of benzene rings is 2. The number of anilines is 1. The average molecular weight is 418 g/mol. The van der Waals surface area contributed by atoms with Gasteiger partial charge in [0.25, 0.3) is 0 Å². The van der Waals surface area contributed by atoms with Gasteiger partial charge in [0.05, 0.1) is 11.3 Å². The zero-order chi connectivity index (χ0) is 21.7. The maximum Gasteiger partial charge on any atom is 0.241 e. The Morgan fingerprint density at radius 2 is 1.59 bits per heavy atom. The van der Waals surface area contributed by atoms with Crippen LogP contribution in [-0.2, 0) is 32.6 Å². The number of nitrogens with one attached hydrogen (secondary N) is 3. The fraction of sp³-hybridized carbons (Fsp3) is 0.333. The van der Waals surface area contributed by atoms with Gasteiger partial charge in [0.1, 0.15) is 0 Å². The molecule has 7 nitrogen and oxygen atoms in total. The molecule has 0 fully saturated rings. The van der Waals surface area contributed by atoms with Gasteiger partial charge in [-0.1, -0.05) is 30.3 Å². The lowest BCUT2D eigenvalue weighted by molar-refractivity contribution is -0.120. The molecule has 2 amide bonds. The Labute approximate surface area is 172 Å². The number of carbonyl (C=O) groups is 2. The second-order valence-electron chi connectivity index (χ2n) is 7.79. The van der Waals surface area contributed by atoms with Crippen molar-refractivity contribution in [2.45, 2.75) is 51.1 Å². The first-order chi connectivity index (χ1) is 13.5. The molecule has 0 aliphatic carbocycles. The van der Waals surface area contributed by atoms with Crippen molar-refractivity contribution in [1.29, 1.82) is 0 Å². The summed E-state index contributed by atoms with van der Waals surface area (Å²) in [6.45, 7) is 6.84. The number of sulfonamides is 1. The van der Waals surface area contributed by atoms with Crippen LogP contribution in [0.25, 0.3) is 0 Å². The van der Waals surface area contributed by atoms with Gasteiger partial charge in [-0.25, -0.2) is 13.1 Å². The third-order valence-electron chi connectivity index (χ3n) is 3.82. The fourth-order valence-electron chi connectivity index (χ4n) is 2.72. The Morgan fingerprint density at radius 3 is 2.17 bits per heavy atom. The first-order valence-electron chi connectivity index (χ1n) is 9.21. The van der Waals surface area contributed by atoms with E-state index in [1.807, 2.05) is 0 Å². The molecule has 0 saturated carbocycles. The first kappa shape index (κ1) is 22.6. The summed E-state index contributed by atoms with van der Waals surface area (Å²) in [6, 6.07) is 13.6. The third kappa shape index (κ3) is 7.32. The molecule has 156 valence electrons. The van der Waals surface area contributed by atoms with E-state index in [0.717, 1.165) is 5.56 Å². The summed E-state index contributed by atoms with van der Waals surface area (Å²) in [7, 11) is -3.71. The molecule has 0 aromatic heterocycles. The molecule has 29 heavy (non-hydrogen) atoms. The van der Waals surface area contributed by atoms with E-state index in [-0.39, 0.29) is 29.7 Å². The standard InChI is InChI=1S/C21H27N3O4S/c1-15(25)23-18-11-9-16(10-12-18)13-20(26)22-14-17-7-5-6-8-19(17)29(27,28)24-21(2,3)4/h5-12,24H,13-14H2,1-4H3,(H,22,26)(H,23,25). The molecule has 2 aromatic rings. The van der Waals surface area contributed by atoms with E-state index in [2.05, 4.69) is 15.4 Å². The Bertz CT molecular complexity index is 978. The van der Waals surface area contributed by atoms with Crippen molar-refractivity contribution in [2.75, 3.05) is 5.32 Å². The predicted octanol–water partition coefficient (Wildman–Crippen LogP) is 2.58. The summed E-state index contributed by atoms with van der Waals surface area (Å²) in [4.78, 5) is 23.5. The van der Waals surface area contributed by atoms with Crippen molar-refractivity contribution >= 4 is 27.5 Å². The minimum absolute atomic E-state index is 0.101. The maximum absolute atomic E-state index is 12.7. The van der Waals surface area contributed by atoms with Gasteiger partial charge in [0.15, 0.2) is 0 Å². The van der Waals surface area contributed by atoms with E-state index >= 15 is 0 Å². The van der Waals surface area contributed by atoms with Gasteiger partial charge >= 0.3 is 0 Å². The molecule has 0 radical (unpaired) electrons. The summed E-state index contributed by atoms with van der Waals surface area (Å²) < 4.78 is 27.9. The van der Waals surface area contributed by atoms with Gasteiger partial charge in [0, 0.05) is 24.7 Å². The van der Waals surface area contributed by atoms with Crippen LogP contribution in [0.1, 0.15) is 38.8 Å². The number of hydrogen-bond donors (Lipinski definition) is 3. The summed E-state index contributed by atoms with van der Waals surface area (Å²) in [5.41, 5.74) is 1.34. The highest BCUT2D eigenvalue weighted by Gasteiger charge is 2.24. The Balaban J connectivity index is 2.03. The second kappa shape index (κ2) is 9.19. The Morgan fingerprint density at radius 1 is 0.966 bits per heavy atom. The highest BCUT2D eigenvalue weighted by molar-refractivity contribution is 7.89. The van der Waals surface area contributed by atoms with Gasteiger partial charge in [-0.3, -0.25) is 9.59 Å². The predicted molar refractivity (Wildman–Crippen MR) is 113 cm³/mol. The molecule has 0 heterocycles. The molecule has 0 saturated heterocycles. The van der Waals surface area contributed by atoms with Crippen molar-refractivity contribution < 1.29 is 18.0 Å². The summed E-state index contributed by atoms with van der Waals surface area (Å²) in [5, 5.41) is 5.43. The largest absolute Gasteiger partial charge is 0.352 e. The highest BCUT2D eigenvalue weighted by atomic mass is 32.2. The summed E-state index contributed by atoms with van der Waals surface area (Å²) >= 11 is 0. The lowest BCUT2D eigenvalue weighted by Crippen LogP contribution is -2.41. The first-order valence-corrected chi connectivity index (χ1v) is 10.7. The topological polar surface area (TPSA) is 104 Å². The molecule has 8 heteroatoms. The van der Waals surface area contributed by atoms with Crippen molar-refractivity contribution in [2.24, 2.45) is 0 Å². The second-order valence-corrected chi connectivity index (χ2v) is 9.45. The van der Waals surface area contributed by atoms with Crippen LogP contribution < -0.4 is 15.4 Å². The Kier molecular flexibility index (Phi) is 7.16. The van der Waals surface area contributed by atoms with E-state index in [4.69, 9.17) is 0 Å². The molecular formula is C21H27N3O4S. The van der Waals surface area contributed by atoms with Crippen LogP contribution in [0.2, 0.25) is 0 Å². The molecule has 0 aliphatic rings. The van der Waals surface area contributed by atoms with Gasteiger partial charge < -0.3 is 10.6 Å². The van der Waals surface area contributed by atoms with Crippen molar-refractivity contribution in [3.05, 3.63) is 59.7 Å². The minimum Gasteiger partial charge on any atom is -0.352 e. The minimum atomic E-state index is -3.71. The quantitative estimate of drug-likeness (QED) is 0.644. The van der Waals surface area contributed by atoms with Crippen LogP contribution in [0, 0.1) is 0 Å². The van der Waals surface area contributed by atoms with Gasteiger partial charge in [-0.15, -0.1) is 0 Å². The molecule has 0 aliphatic heterocycles. The lowest BCUT2D eigenvalue weighted by Gasteiger charge is -2.21. The van der Waals surface area contributed by atoms with Crippen LogP contribution in [-0.4, -0.2) is 25.8 Å². The van der Waals surface area contributed by atoms with Crippen molar-refractivity contribution in [3.8, 4) is 0 Å². The monoisotopic (exact) mass is 417 g/mol. The smallest absolute Gasteiger partial charge is 0.241 e.